The Morgan fingerprint density at radius 3 is 2.92 bits per heavy atom. The van der Waals surface area contributed by atoms with E-state index in [1.54, 1.807) is 0 Å². The highest BCUT2D eigenvalue weighted by atomic mass is 16.2. The standard InChI is InChI=1S/C7H4N3O2/c11-6-4-9-7(12)5-3-8-1-2-10(5)6/h1-4H/q+1. The van der Waals surface area contributed by atoms with Gasteiger partial charge >= 0.3 is 11.8 Å². The van der Waals surface area contributed by atoms with E-state index in [1.165, 1.54) is 23.2 Å². The lowest BCUT2D eigenvalue weighted by atomic mass is 10.3. The fraction of sp³-hybridized carbons (Fsp3) is 0. The van der Waals surface area contributed by atoms with Crippen LogP contribution in [0.3, 0.4) is 0 Å². The molecule has 0 saturated heterocycles. The summed E-state index contributed by atoms with van der Waals surface area (Å²) in [5.41, 5.74) is 0.199. The van der Waals surface area contributed by atoms with Crippen LogP contribution in [0.25, 0.3) is 0 Å². The van der Waals surface area contributed by atoms with Crippen LogP contribution in [0.5, 0.6) is 0 Å². The topological polar surface area (TPSA) is 63.3 Å². The van der Waals surface area contributed by atoms with Crippen LogP contribution in [0, 0.1) is 0 Å². The Balaban J connectivity index is 2.69. The minimum atomic E-state index is -0.442. The minimum absolute atomic E-state index is 0.199. The van der Waals surface area contributed by atoms with Crippen molar-refractivity contribution >= 4 is 18.0 Å². The summed E-state index contributed by atoms with van der Waals surface area (Å²) in [5.74, 6) is -0.769. The minimum Gasteiger partial charge on any atom is -0.260 e. The third-order valence-electron chi connectivity index (χ3n) is 1.51. The maximum absolute atomic E-state index is 11.1. The summed E-state index contributed by atoms with van der Waals surface area (Å²) in [4.78, 5) is 29.2. The average Bonchev–Trinajstić information content (AvgIpc) is 2.12. The van der Waals surface area contributed by atoms with Crippen molar-refractivity contribution in [1.82, 2.24) is 4.98 Å². The van der Waals surface area contributed by atoms with Crippen molar-refractivity contribution < 1.29 is 14.2 Å². The maximum Gasteiger partial charge on any atom is 0.436 e. The van der Waals surface area contributed by atoms with E-state index in [0.29, 0.717) is 0 Å². The van der Waals surface area contributed by atoms with Crippen molar-refractivity contribution in [3.8, 4) is 0 Å². The highest BCUT2D eigenvalue weighted by Crippen LogP contribution is 1.95. The predicted octanol–water partition coefficient (Wildman–Crippen LogP) is -0.766. The van der Waals surface area contributed by atoms with Crippen LogP contribution in [0.15, 0.2) is 23.6 Å². The molecule has 0 spiro atoms. The molecule has 5 nitrogen and oxygen atoms in total. The Hall–Kier alpha value is -1.91. The van der Waals surface area contributed by atoms with Crippen LogP contribution in [0.4, 0.5) is 0 Å². The van der Waals surface area contributed by atoms with Crippen LogP contribution in [0.1, 0.15) is 15.3 Å². The first-order valence-electron chi connectivity index (χ1n) is 3.27. The molecule has 1 amide bonds. The first-order chi connectivity index (χ1) is 5.79. The largest absolute Gasteiger partial charge is 0.436 e. The predicted molar refractivity (Wildman–Crippen MR) is 37.9 cm³/mol. The third-order valence-corrected chi connectivity index (χ3v) is 1.51. The van der Waals surface area contributed by atoms with Crippen molar-refractivity contribution in [2.45, 2.75) is 0 Å². The lowest BCUT2D eigenvalue weighted by molar-refractivity contribution is -0.571. The number of aromatic nitrogens is 2. The van der Waals surface area contributed by atoms with Gasteiger partial charge in [0, 0.05) is 0 Å². The van der Waals surface area contributed by atoms with Crippen molar-refractivity contribution in [2.75, 3.05) is 0 Å². The van der Waals surface area contributed by atoms with Gasteiger partial charge in [0.1, 0.15) is 12.4 Å². The number of fused-ring (bicyclic) bond motifs is 1. The first-order valence-corrected chi connectivity index (χ1v) is 3.27. The van der Waals surface area contributed by atoms with Crippen molar-refractivity contribution in [3.05, 3.63) is 24.3 Å². The average molecular weight is 162 g/mol. The second-order valence-corrected chi connectivity index (χ2v) is 2.23. The SMILES string of the molecule is O=C1N=CC(=O)[n+]2ccncc21. The second kappa shape index (κ2) is 2.30. The van der Waals surface area contributed by atoms with Crippen LogP contribution in [-0.4, -0.2) is 23.0 Å². The summed E-state index contributed by atoms with van der Waals surface area (Å²) in [5, 5.41) is 0. The summed E-state index contributed by atoms with van der Waals surface area (Å²) >= 11 is 0. The van der Waals surface area contributed by atoms with Crippen LogP contribution in [0.2, 0.25) is 0 Å². The Bertz CT molecular complexity index is 360. The van der Waals surface area contributed by atoms with Gasteiger partial charge in [0.2, 0.25) is 0 Å². The van der Waals surface area contributed by atoms with Gasteiger partial charge in [-0.3, -0.25) is 9.78 Å². The molecule has 0 saturated carbocycles. The lowest BCUT2D eigenvalue weighted by Crippen LogP contribution is -2.50. The van der Waals surface area contributed by atoms with Gasteiger partial charge in [0.25, 0.3) is 5.69 Å². The van der Waals surface area contributed by atoms with Crippen LogP contribution < -0.4 is 4.57 Å². The molecule has 0 atom stereocenters. The van der Waals surface area contributed by atoms with Gasteiger partial charge in [-0.2, -0.15) is 0 Å². The summed E-state index contributed by atoms with van der Waals surface area (Å²) in [6.07, 6.45) is 5.18. The Labute approximate surface area is 67.4 Å². The first kappa shape index (κ1) is 6.78. The number of aliphatic imine (C=N–C) groups is 1. The second-order valence-electron chi connectivity index (χ2n) is 2.23. The Morgan fingerprint density at radius 1 is 1.33 bits per heavy atom. The molecule has 1 aromatic heterocycles. The zero-order valence-corrected chi connectivity index (χ0v) is 5.97. The number of hydrogen-bond donors (Lipinski definition) is 0. The fourth-order valence-electron chi connectivity index (χ4n) is 0.954. The molecule has 0 bridgehead atoms. The van der Waals surface area contributed by atoms with E-state index in [2.05, 4.69) is 9.98 Å². The molecule has 0 aliphatic carbocycles. The molecule has 0 N–H and O–H groups in total. The van der Waals surface area contributed by atoms with Gasteiger partial charge in [-0.05, 0) is 0 Å². The van der Waals surface area contributed by atoms with Gasteiger partial charge in [0.15, 0.2) is 6.20 Å². The Morgan fingerprint density at radius 2 is 2.17 bits per heavy atom. The molecule has 0 fully saturated rings. The molecule has 5 heteroatoms. The molecule has 0 unspecified atom stereocenters. The molecule has 0 aromatic carbocycles. The smallest absolute Gasteiger partial charge is 0.260 e. The zero-order valence-electron chi connectivity index (χ0n) is 5.97. The lowest BCUT2D eigenvalue weighted by Gasteiger charge is -1.97. The molecule has 1 aromatic rings. The van der Waals surface area contributed by atoms with Crippen molar-refractivity contribution in [3.63, 3.8) is 0 Å². The summed E-state index contributed by atoms with van der Waals surface area (Å²) < 4.78 is 1.21. The van der Waals surface area contributed by atoms with E-state index < -0.39 is 5.91 Å². The van der Waals surface area contributed by atoms with Gasteiger partial charge in [-0.15, -0.1) is 4.57 Å². The van der Waals surface area contributed by atoms with Crippen LogP contribution in [-0.2, 0) is 0 Å². The van der Waals surface area contributed by atoms with Crippen LogP contribution >= 0.6 is 0 Å². The molecule has 2 heterocycles. The molecule has 1 aliphatic heterocycles. The number of rotatable bonds is 0. The van der Waals surface area contributed by atoms with E-state index in [-0.39, 0.29) is 11.6 Å². The van der Waals surface area contributed by atoms with E-state index in [4.69, 9.17) is 0 Å². The molecule has 2 rings (SSSR count). The number of carbonyl (C=O) groups excluding carboxylic acids is 2. The molecular formula is C7H4N3O2+. The molecule has 1 aliphatic rings. The quantitative estimate of drug-likeness (QED) is 0.471. The molecular weight excluding hydrogens is 158 g/mol. The molecule has 58 valence electrons. The van der Waals surface area contributed by atoms with Gasteiger partial charge in [0.05, 0.1) is 6.20 Å². The van der Waals surface area contributed by atoms with Crippen molar-refractivity contribution in [2.24, 2.45) is 4.99 Å². The normalized spacial score (nSPS) is 14.7. The monoisotopic (exact) mass is 162 g/mol. The van der Waals surface area contributed by atoms with Crippen molar-refractivity contribution in [1.29, 1.82) is 0 Å². The zero-order chi connectivity index (χ0) is 8.55. The maximum atomic E-state index is 11.1. The summed E-state index contributed by atoms with van der Waals surface area (Å²) in [7, 11) is 0. The van der Waals surface area contributed by atoms with Gasteiger partial charge in [-0.1, -0.05) is 0 Å². The van der Waals surface area contributed by atoms with E-state index >= 15 is 0 Å². The Kier molecular flexibility index (Phi) is 1.30. The number of amides is 1. The van der Waals surface area contributed by atoms with E-state index in [0.717, 1.165) is 6.21 Å². The summed E-state index contributed by atoms with van der Waals surface area (Å²) in [6, 6.07) is 0. The number of hydrogen-bond acceptors (Lipinski definition) is 3. The van der Waals surface area contributed by atoms with Gasteiger partial charge in [-0.25, -0.2) is 9.79 Å². The number of carbonyl (C=O) groups is 2. The molecule has 12 heavy (non-hydrogen) atoms. The van der Waals surface area contributed by atoms with E-state index in [9.17, 15) is 9.59 Å². The highest BCUT2D eigenvalue weighted by Gasteiger charge is 2.28. The van der Waals surface area contributed by atoms with E-state index in [1.807, 2.05) is 0 Å². The fourth-order valence-corrected chi connectivity index (χ4v) is 0.954. The highest BCUT2D eigenvalue weighted by molar-refractivity contribution is 6.26. The molecule has 0 radical (unpaired) electrons. The number of nitrogens with zero attached hydrogens (tertiary/aromatic N) is 3. The van der Waals surface area contributed by atoms with Gasteiger partial charge < -0.3 is 0 Å². The summed E-state index contributed by atoms with van der Waals surface area (Å²) in [6.45, 7) is 0. The third kappa shape index (κ3) is 0.833.